The van der Waals surface area contributed by atoms with E-state index in [-0.39, 0.29) is 11.9 Å². The Hall–Kier alpha value is -0.870. The van der Waals surface area contributed by atoms with Gasteiger partial charge in [0, 0.05) is 11.4 Å². The van der Waals surface area contributed by atoms with Gasteiger partial charge in [-0.05, 0) is 31.8 Å². The van der Waals surface area contributed by atoms with Crippen LogP contribution in [0.15, 0.2) is 17.5 Å². The predicted octanol–water partition coefficient (Wildman–Crippen LogP) is 1.01. The average molecular weight is 212 g/mol. The summed E-state index contributed by atoms with van der Waals surface area (Å²) in [5.41, 5.74) is 0. The number of carbonyl (C=O) groups excluding carboxylic acids is 1. The first-order valence-corrected chi connectivity index (χ1v) is 5.59. The van der Waals surface area contributed by atoms with Crippen molar-refractivity contribution in [3.05, 3.63) is 22.4 Å². The lowest BCUT2D eigenvalue weighted by Crippen LogP contribution is -2.41. The van der Waals surface area contributed by atoms with E-state index >= 15 is 0 Å². The van der Waals surface area contributed by atoms with Gasteiger partial charge in [-0.2, -0.15) is 0 Å². The Kier molecular flexibility index (Phi) is 4.62. The molecule has 1 aromatic heterocycles. The molecule has 14 heavy (non-hydrogen) atoms. The normalized spacial score (nSPS) is 12.4. The van der Waals surface area contributed by atoms with E-state index in [9.17, 15) is 4.79 Å². The quantitative estimate of drug-likeness (QED) is 0.765. The first-order chi connectivity index (χ1) is 6.74. The van der Waals surface area contributed by atoms with E-state index in [1.54, 1.807) is 18.4 Å². The minimum Gasteiger partial charge on any atom is -0.354 e. The molecule has 1 amide bonds. The highest BCUT2D eigenvalue weighted by molar-refractivity contribution is 7.09. The second-order valence-corrected chi connectivity index (χ2v) is 4.16. The number of likely N-dealkylation sites (N-methyl/N-ethyl adjacent to an activating group) is 1. The predicted molar refractivity (Wildman–Crippen MR) is 59.6 cm³/mol. The van der Waals surface area contributed by atoms with Crippen LogP contribution in [0.25, 0.3) is 0 Å². The van der Waals surface area contributed by atoms with Crippen molar-refractivity contribution in [2.24, 2.45) is 0 Å². The molecule has 0 aliphatic rings. The molecule has 3 nitrogen and oxygen atoms in total. The van der Waals surface area contributed by atoms with Crippen LogP contribution in [-0.2, 0) is 11.2 Å². The van der Waals surface area contributed by atoms with Gasteiger partial charge in [0.05, 0.1) is 6.04 Å². The van der Waals surface area contributed by atoms with Gasteiger partial charge >= 0.3 is 0 Å². The summed E-state index contributed by atoms with van der Waals surface area (Å²) < 4.78 is 0. The summed E-state index contributed by atoms with van der Waals surface area (Å²) in [6.45, 7) is 2.56. The van der Waals surface area contributed by atoms with E-state index in [4.69, 9.17) is 0 Å². The Bertz CT molecular complexity index is 272. The maximum atomic E-state index is 11.3. The summed E-state index contributed by atoms with van der Waals surface area (Å²) in [5, 5.41) is 7.82. The van der Waals surface area contributed by atoms with Gasteiger partial charge in [0.25, 0.3) is 0 Å². The van der Waals surface area contributed by atoms with Crippen LogP contribution < -0.4 is 10.6 Å². The van der Waals surface area contributed by atoms with Crippen LogP contribution in [0.5, 0.6) is 0 Å². The summed E-state index contributed by atoms with van der Waals surface area (Å²) in [5.74, 6) is 0.0593. The fourth-order valence-corrected chi connectivity index (χ4v) is 1.76. The van der Waals surface area contributed by atoms with Gasteiger partial charge in [0.1, 0.15) is 0 Å². The minimum absolute atomic E-state index is 0.0593. The van der Waals surface area contributed by atoms with Gasteiger partial charge in [-0.25, -0.2) is 0 Å². The van der Waals surface area contributed by atoms with Crippen LogP contribution >= 0.6 is 11.3 Å². The van der Waals surface area contributed by atoms with Crippen LogP contribution in [0.4, 0.5) is 0 Å². The Morgan fingerprint density at radius 1 is 1.64 bits per heavy atom. The van der Waals surface area contributed by atoms with Crippen molar-refractivity contribution in [1.82, 2.24) is 10.6 Å². The number of thiophene rings is 1. The molecular formula is C10H16N2OS. The lowest BCUT2D eigenvalue weighted by molar-refractivity contribution is -0.122. The number of rotatable bonds is 5. The van der Waals surface area contributed by atoms with Gasteiger partial charge in [-0.3, -0.25) is 4.79 Å². The molecule has 1 aromatic rings. The molecule has 0 radical (unpaired) electrons. The maximum Gasteiger partial charge on any atom is 0.236 e. The zero-order chi connectivity index (χ0) is 10.4. The number of hydrogen-bond donors (Lipinski definition) is 2. The largest absolute Gasteiger partial charge is 0.354 e. The van der Waals surface area contributed by atoms with Crippen molar-refractivity contribution in [3.63, 3.8) is 0 Å². The standard InChI is InChI=1S/C10H16N2OS/c1-8(11-2)10(13)12-6-5-9-4-3-7-14-9/h3-4,7-8,11H,5-6H2,1-2H3,(H,12,13). The lowest BCUT2D eigenvalue weighted by Gasteiger charge is -2.10. The summed E-state index contributed by atoms with van der Waals surface area (Å²) in [7, 11) is 1.78. The summed E-state index contributed by atoms with van der Waals surface area (Å²) in [6.07, 6.45) is 0.917. The average Bonchev–Trinajstić information content (AvgIpc) is 2.69. The van der Waals surface area contributed by atoms with E-state index < -0.39 is 0 Å². The molecule has 0 fully saturated rings. The van der Waals surface area contributed by atoms with Crippen molar-refractivity contribution < 1.29 is 4.79 Å². The molecule has 0 saturated carbocycles. The van der Waals surface area contributed by atoms with Gasteiger partial charge < -0.3 is 10.6 Å². The smallest absolute Gasteiger partial charge is 0.236 e. The van der Waals surface area contributed by atoms with E-state index in [2.05, 4.69) is 16.7 Å². The van der Waals surface area contributed by atoms with E-state index in [1.807, 2.05) is 18.4 Å². The van der Waals surface area contributed by atoms with Gasteiger partial charge in [-0.1, -0.05) is 6.07 Å². The Morgan fingerprint density at radius 2 is 2.43 bits per heavy atom. The van der Waals surface area contributed by atoms with E-state index in [0.29, 0.717) is 6.54 Å². The molecule has 1 atom stereocenters. The second-order valence-electron chi connectivity index (χ2n) is 3.13. The molecule has 4 heteroatoms. The summed E-state index contributed by atoms with van der Waals surface area (Å²) in [6, 6.07) is 3.99. The van der Waals surface area contributed by atoms with Crippen molar-refractivity contribution >= 4 is 17.2 Å². The molecule has 1 rings (SSSR count). The van der Waals surface area contributed by atoms with Gasteiger partial charge in [0.2, 0.25) is 5.91 Å². The molecule has 0 aromatic carbocycles. The number of nitrogens with one attached hydrogen (secondary N) is 2. The molecule has 78 valence electrons. The minimum atomic E-state index is -0.113. The highest BCUT2D eigenvalue weighted by Gasteiger charge is 2.08. The van der Waals surface area contributed by atoms with Crippen molar-refractivity contribution in [1.29, 1.82) is 0 Å². The molecular weight excluding hydrogens is 196 g/mol. The first kappa shape index (κ1) is 11.2. The number of carbonyl (C=O) groups is 1. The van der Waals surface area contributed by atoms with Gasteiger partial charge in [0.15, 0.2) is 0 Å². The van der Waals surface area contributed by atoms with Crippen LogP contribution in [0.3, 0.4) is 0 Å². The lowest BCUT2D eigenvalue weighted by atomic mass is 10.3. The van der Waals surface area contributed by atoms with Crippen LogP contribution in [-0.4, -0.2) is 25.5 Å². The van der Waals surface area contributed by atoms with Crippen LogP contribution in [0.1, 0.15) is 11.8 Å². The molecule has 2 N–H and O–H groups in total. The second kappa shape index (κ2) is 5.78. The molecule has 0 spiro atoms. The topological polar surface area (TPSA) is 41.1 Å². The molecule has 0 aliphatic heterocycles. The monoisotopic (exact) mass is 212 g/mol. The summed E-state index contributed by atoms with van der Waals surface area (Å²) in [4.78, 5) is 12.6. The fourth-order valence-electron chi connectivity index (χ4n) is 1.05. The first-order valence-electron chi connectivity index (χ1n) is 4.71. The highest BCUT2D eigenvalue weighted by Crippen LogP contribution is 2.07. The zero-order valence-corrected chi connectivity index (χ0v) is 9.36. The third-order valence-electron chi connectivity index (χ3n) is 2.08. The third-order valence-corrected chi connectivity index (χ3v) is 3.01. The van der Waals surface area contributed by atoms with Crippen molar-refractivity contribution in [2.45, 2.75) is 19.4 Å². The zero-order valence-electron chi connectivity index (χ0n) is 8.54. The van der Waals surface area contributed by atoms with Gasteiger partial charge in [-0.15, -0.1) is 11.3 Å². The SMILES string of the molecule is CNC(C)C(=O)NCCc1cccs1. The number of hydrogen-bond acceptors (Lipinski definition) is 3. The van der Waals surface area contributed by atoms with Crippen LogP contribution in [0, 0.1) is 0 Å². The van der Waals surface area contributed by atoms with Crippen LogP contribution in [0.2, 0.25) is 0 Å². The molecule has 1 heterocycles. The molecule has 1 unspecified atom stereocenters. The van der Waals surface area contributed by atoms with E-state index in [0.717, 1.165) is 6.42 Å². The molecule has 0 bridgehead atoms. The molecule has 0 aliphatic carbocycles. The van der Waals surface area contributed by atoms with Crippen molar-refractivity contribution in [3.8, 4) is 0 Å². The summed E-state index contributed by atoms with van der Waals surface area (Å²) >= 11 is 1.72. The number of amides is 1. The molecule has 0 saturated heterocycles. The van der Waals surface area contributed by atoms with E-state index in [1.165, 1.54) is 4.88 Å². The Labute approximate surface area is 88.5 Å². The third kappa shape index (κ3) is 3.47. The maximum absolute atomic E-state index is 11.3. The van der Waals surface area contributed by atoms with Crippen molar-refractivity contribution in [2.75, 3.05) is 13.6 Å². The Morgan fingerprint density at radius 3 is 3.00 bits per heavy atom. The Balaban J connectivity index is 2.18. The fraction of sp³-hybridized carbons (Fsp3) is 0.500. The highest BCUT2D eigenvalue weighted by atomic mass is 32.1.